The van der Waals surface area contributed by atoms with Crippen LogP contribution in [0.5, 0.6) is 0 Å². The second-order valence-corrected chi connectivity index (χ2v) is 12.5. The maximum Gasteiger partial charge on any atom is 0.239 e. The first-order valence-electron chi connectivity index (χ1n) is 11.4. The van der Waals surface area contributed by atoms with Crippen molar-refractivity contribution in [1.29, 1.82) is 0 Å². The van der Waals surface area contributed by atoms with Crippen molar-refractivity contribution < 1.29 is 13.2 Å². The van der Waals surface area contributed by atoms with E-state index in [1.807, 2.05) is 4.90 Å². The number of piperidine rings is 1. The highest BCUT2D eigenvalue weighted by atomic mass is 32.2. The summed E-state index contributed by atoms with van der Waals surface area (Å²) < 4.78 is 28.3. The Morgan fingerprint density at radius 1 is 1.07 bits per heavy atom. The maximum atomic E-state index is 13.2. The topological polar surface area (TPSA) is 78.5 Å². The van der Waals surface area contributed by atoms with Crippen LogP contribution in [0.25, 0.3) is 0 Å². The van der Waals surface area contributed by atoms with Gasteiger partial charge in [0.1, 0.15) is 5.75 Å². The smallest absolute Gasteiger partial charge is 0.239 e. The van der Waals surface area contributed by atoms with Crippen molar-refractivity contribution in [3.8, 4) is 0 Å². The van der Waals surface area contributed by atoms with Crippen LogP contribution in [0.4, 0.5) is 0 Å². The molecule has 7 heteroatoms. The van der Waals surface area contributed by atoms with Gasteiger partial charge in [0.2, 0.25) is 15.9 Å². The van der Waals surface area contributed by atoms with Crippen molar-refractivity contribution in [2.75, 3.05) is 12.3 Å². The molecule has 0 unspecified atom stereocenters. The lowest BCUT2D eigenvalue weighted by Gasteiger charge is -2.49. The van der Waals surface area contributed by atoms with E-state index < -0.39 is 15.8 Å². The Kier molecular flexibility index (Phi) is 8.19. The van der Waals surface area contributed by atoms with Gasteiger partial charge >= 0.3 is 0 Å². The van der Waals surface area contributed by atoms with E-state index in [-0.39, 0.29) is 29.1 Å². The van der Waals surface area contributed by atoms with Gasteiger partial charge in [0.15, 0.2) is 0 Å². The Morgan fingerprint density at radius 3 is 2.14 bits per heavy atom. The minimum Gasteiger partial charge on any atom is -0.339 e. The van der Waals surface area contributed by atoms with Gasteiger partial charge in [-0.2, -0.15) is 0 Å². The molecule has 1 aliphatic carbocycles. The molecular formula is C22H43N3O3S. The average Bonchev–Trinajstić information content (AvgIpc) is 2.53. The quantitative estimate of drug-likeness (QED) is 0.620. The second kappa shape index (κ2) is 9.65. The van der Waals surface area contributed by atoms with Crippen molar-refractivity contribution in [3.63, 3.8) is 0 Å². The lowest BCUT2D eigenvalue weighted by Crippen LogP contribution is -2.63. The molecule has 1 heterocycles. The van der Waals surface area contributed by atoms with Gasteiger partial charge in [-0.15, -0.1) is 0 Å². The summed E-state index contributed by atoms with van der Waals surface area (Å²) in [5.41, 5.74) is -0.180. The lowest BCUT2D eigenvalue weighted by molar-refractivity contribution is -0.132. The molecule has 2 N–H and O–H groups in total. The fourth-order valence-corrected chi connectivity index (χ4v) is 6.56. The number of carbonyl (C=O) groups is 1. The minimum atomic E-state index is -3.62. The zero-order valence-corrected chi connectivity index (χ0v) is 20.2. The SMILES string of the molecule is CCCCN(C(=O)CS(=O)(=O)NC1CCC(C)CC1)C1CC(C)(C)NC(C)(C)C1. The molecule has 1 saturated heterocycles. The van der Waals surface area contributed by atoms with Gasteiger partial charge in [-0.05, 0) is 78.6 Å². The summed E-state index contributed by atoms with van der Waals surface area (Å²) in [6.45, 7) is 13.6. The standard InChI is InChI=1S/C22H43N3O3S/c1-7-8-13-25(19-14-21(3,4)24-22(5,6)15-19)20(26)16-29(27,28)23-18-11-9-17(2)10-12-18/h17-19,23-24H,7-16H2,1-6H3. The van der Waals surface area contributed by atoms with Crippen LogP contribution in [0.3, 0.4) is 0 Å². The Labute approximate surface area is 178 Å². The molecule has 29 heavy (non-hydrogen) atoms. The summed E-state index contributed by atoms with van der Waals surface area (Å²) in [6, 6.07) is 0.0378. The number of rotatable bonds is 8. The van der Waals surface area contributed by atoms with Gasteiger partial charge < -0.3 is 10.2 Å². The number of unbranched alkanes of at least 4 members (excludes halogenated alkanes) is 1. The van der Waals surface area contributed by atoms with Crippen molar-refractivity contribution >= 4 is 15.9 Å². The van der Waals surface area contributed by atoms with Gasteiger partial charge in [0.25, 0.3) is 0 Å². The van der Waals surface area contributed by atoms with E-state index in [4.69, 9.17) is 0 Å². The monoisotopic (exact) mass is 429 g/mol. The highest BCUT2D eigenvalue weighted by Crippen LogP contribution is 2.32. The third-order valence-electron chi connectivity index (χ3n) is 6.36. The Hall–Kier alpha value is -0.660. The van der Waals surface area contributed by atoms with Crippen molar-refractivity contribution in [2.24, 2.45) is 5.92 Å². The van der Waals surface area contributed by atoms with Crippen LogP contribution >= 0.6 is 0 Å². The first-order chi connectivity index (χ1) is 13.3. The van der Waals surface area contributed by atoms with Crippen LogP contribution in [-0.2, 0) is 14.8 Å². The van der Waals surface area contributed by atoms with E-state index in [9.17, 15) is 13.2 Å². The predicted molar refractivity (Wildman–Crippen MR) is 119 cm³/mol. The molecule has 170 valence electrons. The number of hydrogen-bond acceptors (Lipinski definition) is 4. The molecule has 2 aliphatic rings. The van der Waals surface area contributed by atoms with Crippen molar-refractivity contribution in [3.05, 3.63) is 0 Å². The van der Waals surface area contributed by atoms with Gasteiger partial charge in [0, 0.05) is 29.7 Å². The van der Waals surface area contributed by atoms with Crippen LogP contribution in [0.2, 0.25) is 0 Å². The molecule has 0 bridgehead atoms. The van der Waals surface area contributed by atoms with E-state index in [1.165, 1.54) is 0 Å². The number of amides is 1. The average molecular weight is 430 g/mol. The molecule has 0 spiro atoms. The van der Waals surface area contributed by atoms with Crippen molar-refractivity contribution in [1.82, 2.24) is 14.9 Å². The van der Waals surface area contributed by atoms with E-state index in [2.05, 4.69) is 51.6 Å². The van der Waals surface area contributed by atoms with E-state index in [1.54, 1.807) is 0 Å². The molecule has 6 nitrogen and oxygen atoms in total. The van der Waals surface area contributed by atoms with Crippen LogP contribution in [0.15, 0.2) is 0 Å². The molecule has 2 rings (SSSR count). The van der Waals surface area contributed by atoms with Crippen molar-refractivity contribution in [2.45, 2.75) is 116 Å². The summed E-state index contributed by atoms with van der Waals surface area (Å²) in [6.07, 6.45) is 7.36. The number of nitrogens with zero attached hydrogens (tertiary/aromatic N) is 1. The van der Waals surface area contributed by atoms with Crippen LogP contribution < -0.4 is 10.0 Å². The summed E-state index contributed by atoms with van der Waals surface area (Å²) >= 11 is 0. The first-order valence-corrected chi connectivity index (χ1v) is 13.1. The molecule has 2 fully saturated rings. The summed E-state index contributed by atoms with van der Waals surface area (Å²) in [7, 11) is -3.62. The van der Waals surface area contributed by atoms with Gasteiger partial charge in [-0.3, -0.25) is 4.79 Å². The Bertz CT molecular complexity index is 636. The van der Waals surface area contributed by atoms with Gasteiger partial charge in [0.05, 0.1) is 0 Å². The van der Waals surface area contributed by atoms with Gasteiger partial charge in [-0.1, -0.05) is 20.3 Å². The lowest BCUT2D eigenvalue weighted by atomic mass is 9.79. The molecule has 1 aliphatic heterocycles. The predicted octanol–water partition coefficient (Wildman–Crippen LogP) is 3.42. The molecule has 1 amide bonds. The number of sulfonamides is 1. The largest absolute Gasteiger partial charge is 0.339 e. The molecule has 0 aromatic rings. The first kappa shape index (κ1) is 24.6. The second-order valence-electron chi connectivity index (χ2n) is 10.7. The Balaban J connectivity index is 2.07. The fourth-order valence-electron chi connectivity index (χ4n) is 5.25. The summed E-state index contributed by atoms with van der Waals surface area (Å²) in [5.74, 6) is -0.0322. The summed E-state index contributed by atoms with van der Waals surface area (Å²) in [5, 5.41) is 3.65. The molecule has 0 aromatic heterocycles. The number of carbonyl (C=O) groups excluding carboxylic acids is 1. The zero-order chi connectivity index (χ0) is 21.9. The molecule has 0 radical (unpaired) electrons. The third kappa shape index (κ3) is 7.83. The Morgan fingerprint density at radius 2 is 1.62 bits per heavy atom. The molecule has 0 atom stereocenters. The normalized spacial score (nSPS) is 27.5. The van der Waals surface area contributed by atoms with Crippen LogP contribution in [-0.4, -0.2) is 54.7 Å². The van der Waals surface area contributed by atoms with E-state index in [0.29, 0.717) is 12.5 Å². The number of nitrogens with one attached hydrogen (secondary N) is 2. The van der Waals surface area contributed by atoms with E-state index >= 15 is 0 Å². The zero-order valence-electron chi connectivity index (χ0n) is 19.4. The molecular weight excluding hydrogens is 386 g/mol. The van der Waals surface area contributed by atoms with Crippen LogP contribution in [0.1, 0.15) is 92.9 Å². The summed E-state index contributed by atoms with van der Waals surface area (Å²) in [4.78, 5) is 15.0. The number of hydrogen-bond donors (Lipinski definition) is 2. The third-order valence-corrected chi connectivity index (χ3v) is 7.68. The molecule has 1 saturated carbocycles. The van der Waals surface area contributed by atoms with E-state index in [0.717, 1.165) is 51.4 Å². The minimum absolute atomic E-state index is 0.0233. The fraction of sp³-hybridized carbons (Fsp3) is 0.955. The maximum absolute atomic E-state index is 13.2. The molecule has 0 aromatic carbocycles. The van der Waals surface area contributed by atoms with Gasteiger partial charge in [-0.25, -0.2) is 13.1 Å². The van der Waals surface area contributed by atoms with Crippen LogP contribution in [0, 0.1) is 5.92 Å². The highest BCUT2D eigenvalue weighted by Gasteiger charge is 2.41. The highest BCUT2D eigenvalue weighted by molar-refractivity contribution is 7.90.